The van der Waals surface area contributed by atoms with Crippen molar-refractivity contribution in [2.45, 2.75) is 45.6 Å². The van der Waals surface area contributed by atoms with Gasteiger partial charge in [0, 0.05) is 49.8 Å². The lowest BCUT2D eigenvalue weighted by molar-refractivity contribution is -0.127. The number of likely N-dealkylation sites (tertiary alicyclic amines) is 1. The van der Waals surface area contributed by atoms with Gasteiger partial charge in [0.05, 0.1) is 12.2 Å². The van der Waals surface area contributed by atoms with Crippen molar-refractivity contribution < 1.29 is 4.79 Å². The molecule has 1 aliphatic heterocycles. The van der Waals surface area contributed by atoms with Gasteiger partial charge in [0.2, 0.25) is 5.91 Å². The van der Waals surface area contributed by atoms with E-state index in [4.69, 9.17) is 4.98 Å². The predicted octanol–water partition coefficient (Wildman–Crippen LogP) is 3.81. The fraction of sp³-hybridized carbons (Fsp3) is 0.522. The summed E-state index contributed by atoms with van der Waals surface area (Å²) in [5, 5.41) is 9.88. The van der Waals surface area contributed by atoms with Gasteiger partial charge < -0.3 is 15.5 Å². The highest BCUT2D eigenvalue weighted by Crippen LogP contribution is 2.23. The molecule has 2 heterocycles. The number of hydrogen-bond acceptors (Lipinski definition) is 4. The Labute approximate surface area is 207 Å². The SMILES string of the molecule is CN=C(NCc1nc(C(C)(C)C)cs1)NCC1CC(=O)N(CCc2ccccc2)C1.I. The van der Waals surface area contributed by atoms with Crippen molar-refractivity contribution in [2.75, 3.05) is 26.7 Å². The van der Waals surface area contributed by atoms with Gasteiger partial charge in [0.1, 0.15) is 5.01 Å². The van der Waals surface area contributed by atoms with Crippen molar-refractivity contribution in [1.82, 2.24) is 20.5 Å². The maximum atomic E-state index is 12.4. The predicted molar refractivity (Wildman–Crippen MR) is 139 cm³/mol. The lowest BCUT2D eigenvalue weighted by atomic mass is 9.93. The molecule has 0 bridgehead atoms. The van der Waals surface area contributed by atoms with E-state index in [1.54, 1.807) is 18.4 Å². The van der Waals surface area contributed by atoms with E-state index in [1.807, 2.05) is 23.1 Å². The van der Waals surface area contributed by atoms with Crippen molar-refractivity contribution in [2.24, 2.45) is 10.9 Å². The van der Waals surface area contributed by atoms with E-state index in [-0.39, 0.29) is 35.3 Å². The summed E-state index contributed by atoms with van der Waals surface area (Å²) >= 11 is 1.67. The summed E-state index contributed by atoms with van der Waals surface area (Å²) in [7, 11) is 1.77. The number of rotatable bonds is 7. The Hall–Kier alpha value is -1.68. The second kappa shape index (κ2) is 11.8. The summed E-state index contributed by atoms with van der Waals surface area (Å²) in [4.78, 5) is 23.4. The molecule has 2 aromatic rings. The van der Waals surface area contributed by atoms with Crippen LogP contribution in [0.1, 0.15) is 43.5 Å². The molecular weight excluding hydrogens is 521 g/mol. The number of nitrogens with one attached hydrogen (secondary N) is 2. The van der Waals surface area contributed by atoms with Gasteiger partial charge in [-0.3, -0.25) is 9.79 Å². The molecule has 1 fully saturated rings. The molecule has 1 unspecified atom stereocenters. The molecule has 6 nitrogen and oxygen atoms in total. The zero-order valence-corrected chi connectivity index (χ0v) is 22.0. The van der Waals surface area contributed by atoms with Gasteiger partial charge in [0.25, 0.3) is 0 Å². The summed E-state index contributed by atoms with van der Waals surface area (Å²) < 4.78 is 0. The maximum absolute atomic E-state index is 12.4. The van der Waals surface area contributed by atoms with Crippen molar-refractivity contribution >= 4 is 47.2 Å². The minimum absolute atomic E-state index is 0. The third-order valence-electron chi connectivity index (χ3n) is 5.32. The van der Waals surface area contributed by atoms with Crippen LogP contribution < -0.4 is 10.6 Å². The van der Waals surface area contributed by atoms with Crippen molar-refractivity contribution in [3.8, 4) is 0 Å². The zero-order chi connectivity index (χ0) is 21.6. The van der Waals surface area contributed by atoms with Gasteiger partial charge in [-0.15, -0.1) is 35.3 Å². The summed E-state index contributed by atoms with van der Waals surface area (Å²) in [6, 6.07) is 10.3. The fourth-order valence-corrected chi connectivity index (χ4v) is 4.43. The Morgan fingerprint density at radius 3 is 2.65 bits per heavy atom. The van der Waals surface area contributed by atoms with Crippen LogP contribution in [0.4, 0.5) is 0 Å². The van der Waals surface area contributed by atoms with Crippen LogP contribution in [0, 0.1) is 5.92 Å². The third kappa shape index (κ3) is 7.75. The van der Waals surface area contributed by atoms with E-state index >= 15 is 0 Å². The summed E-state index contributed by atoms with van der Waals surface area (Å²) in [5.41, 5.74) is 2.45. The molecule has 1 amide bonds. The van der Waals surface area contributed by atoms with Gasteiger partial charge in [-0.05, 0) is 12.0 Å². The van der Waals surface area contributed by atoms with E-state index in [2.05, 4.69) is 53.9 Å². The molecule has 8 heteroatoms. The van der Waals surface area contributed by atoms with Crippen LogP contribution in [-0.4, -0.2) is 48.4 Å². The largest absolute Gasteiger partial charge is 0.356 e. The molecule has 1 saturated heterocycles. The first kappa shape index (κ1) is 25.6. The molecule has 0 spiro atoms. The number of hydrogen-bond donors (Lipinski definition) is 2. The number of benzene rings is 1. The highest BCUT2D eigenvalue weighted by Gasteiger charge is 2.29. The highest BCUT2D eigenvalue weighted by atomic mass is 127. The first-order valence-corrected chi connectivity index (χ1v) is 11.4. The molecule has 1 aromatic heterocycles. The number of aromatic nitrogens is 1. The Balaban J connectivity index is 0.00000341. The number of nitrogens with zero attached hydrogens (tertiary/aromatic N) is 3. The number of amides is 1. The first-order chi connectivity index (χ1) is 14.3. The number of aliphatic imine (C=N–C) groups is 1. The zero-order valence-electron chi connectivity index (χ0n) is 18.9. The normalized spacial score (nSPS) is 16.9. The molecule has 1 aromatic carbocycles. The molecule has 1 atom stereocenters. The summed E-state index contributed by atoms with van der Waals surface area (Å²) in [5.74, 6) is 1.30. The van der Waals surface area contributed by atoms with Crippen LogP contribution in [0.25, 0.3) is 0 Å². The molecule has 0 radical (unpaired) electrons. The summed E-state index contributed by atoms with van der Waals surface area (Å²) in [6.07, 6.45) is 1.50. The number of carbonyl (C=O) groups excluding carboxylic acids is 1. The standard InChI is InChI=1S/C23H33N5OS.HI/c1-23(2,3)19-16-30-20(27-19)14-26-22(24-4)25-13-18-12-21(29)28(15-18)11-10-17-8-6-5-7-9-17;/h5-9,16,18H,10-15H2,1-4H3,(H2,24,25,26);1H. The molecule has 2 N–H and O–H groups in total. The van der Waals surface area contributed by atoms with Crippen LogP contribution >= 0.6 is 35.3 Å². The highest BCUT2D eigenvalue weighted by molar-refractivity contribution is 14.0. The molecular formula is C23H34IN5OS. The van der Waals surface area contributed by atoms with Crippen molar-refractivity contribution in [3.63, 3.8) is 0 Å². The molecule has 3 rings (SSSR count). The second-order valence-corrected chi connectivity index (χ2v) is 9.77. The average Bonchev–Trinajstić information content (AvgIpc) is 3.34. The minimum atomic E-state index is 0. The Kier molecular flexibility index (Phi) is 9.74. The van der Waals surface area contributed by atoms with Crippen LogP contribution in [-0.2, 0) is 23.2 Å². The quantitative estimate of drug-likeness (QED) is 0.310. The van der Waals surface area contributed by atoms with Crippen LogP contribution in [0.2, 0.25) is 0 Å². The first-order valence-electron chi connectivity index (χ1n) is 10.6. The Morgan fingerprint density at radius 1 is 1.26 bits per heavy atom. The van der Waals surface area contributed by atoms with Crippen LogP contribution in [0.3, 0.4) is 0 Å². The molecule has 31 heavy (non-hydrogen) atoms. The molecule has 0 aliphatic carbocycles. The number of carbonyl (C=O) groups is 1. The second-order valence-electron chi connectivity index (χ2n) is 8.83. The van der Waals surface area contributed by atoms with E-state index in [9.17, 15) is 4.79 Å². The average molecular weight is 556 g/mol. The van der Waals surface area contributed by atoms with Crippen LogP contribution in [0.15, 0.2) is 40.7 Å². The maximum Gasteiger partial charge on any atom is 0.223 e. The smallest absolute Gasteiger partial charge is 0.223 e. The van der Waals surface area contributed by atoms with Gasteiger partial charge in [0.15, 0.2) is 5.96 Å². The van der Waals surface area contributed by atoms with E-state index in [1.165, 1.54) is 5.56 Å². The van der Waals surface area contributed by atoms with Crippen molar-refractivity contribution in [3.05, 3.63) is 52.0 Å². The number of thiazole rings is 1. The monoisotopic (exact) mass is 555 g/mol. The van der Waals surface area contributed by atoms with E-state index < -0.39 is 0 Å². The lowest BCUT2D eigenvalue weighted by Crippen LogP contribution is -2.40. The molecule has 170 valence electrons. The van der Waals surface area contributed by atoms with Gasteiger partial charge in [-0.25, -0.2) is 4.98 Å². The van der Waals surface area contributed by atoms with Gasteiger partial charge in [-0.2, -0.15) is 0 Å². The van der Waals surface area contributed by atoms with Gasteiger partial charge in [-0.1, -0.05) is 51.1 Å². The lowest BCUT2D eigenvalue weighted by Gasteiger charge is -2.18. The minimum Gasteiger partial charge on any atom is -0.356 e. The number of guanidine groups is 1. The Morgan fingerprint density at radius 2 is 2.00 bits per heavy atom. The third-order valence-corrected chi connectivity index (χ3v) is 6.17. The Bertz CT molecular complexity index is 862. The molecule has 1 aliphatic rings. The van der Waals surface area contributed by atoms with Crippen LogP contribution in [0.5, 0.6) is 0 Å². The fourth-order valence-electron chi connectivity index (χ4n) is 3.47. The number of halogens is 1. The van der Waals surface area contributed by atoms with Crippen molar-refractivity contribution in [1.29, 1.82) is 0 Å². The van der Waals surface area contributed by atoms with E-state index in [0.29, 0.717) is 18.9 Å². The molecule has 0 saturated carbocycles. The van der Waals surface area contributed by atoms with Gasteiger partial charge >= 0.3 is 0 Å². The topological polar surface area (TPSA) is 69.6 Å². The summed E-state index contributed by atoms with van der Waals surface area (Å²) in [6.45, 7) is 9.48. The van der Waals surface area contributed by atoms with E-state index in [0.717, 1.165) is 42.7 Å².